The average molecular weight is 405 g/mol. The van der Waals surface area contributed by atoms with Crippen LogP contribution in [-0.4, -0.2) is 46.1 Å². The van der Waals surface area contributed by atoms with Gasteiger partial charge in [0.1, 0.15) is 0 Å². The number of fused-ring (bicyclic) bond motifs is 1. The number of allylic oxidation sites excluding steroid dienone is 1. The molecule has 4 nitrogen and oxygen atoms in total. The van der Waals surface area contributed by atoms with Gasteiger partial charge in [0.05, 0.1) is 6.10 Å². The Morgan fingerprint density at radius 2 is 1.70 bits per heavy atom. The molecule has 0 spiro atoms. The van der Waals surface area contributed by atoms with Crippen LogP contribution >= 0.6 is 0 Å². The van der Waals surface area contributed by atoms with Crippen molar-refractivity contribution >= 4 is 22.8 Å². The van der Waals surface area contributed by atoms with E-state index in [1.807, 2.05) is 54.7 Å². The van der Waals surface area contributed by atoms with E-state index in [0.29, 0.717) is 18.7 Å². The predicted molar refractivity (Wildman–Crippen MR) is 125 cm³/mol. The van der Waals surface area contributed by atoms with Gasteiger partial charge in [-0.2, -0.15) is 0 Å². The Bertz CT molecular complexity index is 969. The summed E-state index contributed by atoms with van der Waals surface area (Å²) in [5.41, 5.74) is 2.74. The zero-order chi connectivity index (χ0) is 21.3. The summed E-state index contributed by atoms with van der Waals surface area (Å²) in [5, 5.41) is 11.8. The minimum atomic E-state index is -0.443. The first-order valence-corrected chi connectivity index (χ1v) is 10.9. The van der Waals surface area contributed by atoms with Crippen LogP contribution in [0, 0.1) is 0 Å². The predicted octanol–water partition coefficient (Wildman–Crippen LogP) is 5.02. The number of benzene rings is 2. The van der Waals surface area contributed by atoms with Crippen molar-refractivity contribution in [3.05, 3.63) is 78.0 Å². The van der Waals surface area contributed by atoms with Crippen molar-refractivity contribution in [2.24, 2.45) is 0 Å². The molecule has 0 radical (unpaired) electrons. The van der Waals surface area contributed by atoms with E-state index >= 15 is 0 Å². The number of aliphatic hydroxyl groups excluding tert-OH is 1. The Morgan fingerprint density at radius 1 is 1.03 bits per heavy atom. The first-order chi connectivity index (χ1) is 14.6. The molecular weight excluding hydrogens is 372 g/mol. The number of rotatable bonds is 11. The van der Waals surface area contributed by atoms with Gasteiger partial charge in [-0.3, -0.25) is 4.79 Å². The smallest absolute Gasteiger partial charge is 0.185 e. The molecule has 1 aromatic heterocycles. The molecule has 0 aliphatic heterocycles. The molecule has 1 atom stereocenters. The molecule has 0 saturated carbocycles. The molecule has 0 amide bonds. The van der Waals surface area contributed by atoms with Gasteiger partial charge in [0, 0.05) is 41.3 Å². The first-order valence-electron chi connectivity index (χ1n) is 10.9. The second kappa shape index (κ2) is 10.9. The van der Waals surface area contributed by atoms with E-state index in [1.54, 1.807) is 6.08 Å². The fraction of sp³-hybridized carbons (Fsp3) is 0.346. The highest BCUT2D eigenvalue weighted by Gasteiger charge is 2.14. The highest BCUT2D eigenvalue weighted by Crippen LogP contribution is 2.23. The Balaban J connectivity index is 1.78. The van der Waals surface area contributed by atoms with Gasteiger partial charge in [0.15, 0.2) is 5.78 Å². The number of nitrogens with zero attached hydrogens (tertiary/aromatic N) is 2. The molecule has 1 N–H and O–H groups in total. The van der Waals surface area contributed by atoms with Crippen molar-refractivity contribution in [2.75, 3.05) is 19.6 Å². The molecule has 3 rings (SSSR count). The van der Waals surface area contributed by atoms with Crippen LogP contribution in [0.2, 0.25) is 0 Å². The zero-order valence-electron chi connectivity index (χ0n) is 18.0. The summed E-state index contributed by atoms with van der Waals surface area (Å²) >= 11 is 0. The van der Waals surface area contributed by atoms with Gasteiger partial charge in [-0.15, -0.1) is 0 Å². The third-order valence-corrected chi connectivity index (χ3v) is 5.25. The Labute approximate surface area is 179 Å². The van der Waals surface area contributed by atoms with E-state index in [4.69, 9.17) is 0 Å². The van der Waals surface area contributed by atoms with Gasteiger partial charge in [-0.05, 0) is 44.1 Å². The number of aliphatic hydroxyl groups is 1. The Kier molecular flexibility index (Phi) is 8.00. The van der Waals surface area contributed by atoms with Crippen LogP contribution in [0.1, 0.15) is 42.6 Å². The normalized spacial score (nSPS) is 12.8. The van der Waals surface area contributed by atoms with Crippen LogP contribution in [0.3, 0.4) is 0 Å². The van der Waals surface area contributed by atoms with Crippen molar-refractivity contribution < 1.29 is 9.90 Å². The maximum atomic E-state index is 12.4. The number of carbonyl (C=O) groups excluding carboxylic acids is 1. The maximum Gasteiger partial charge on any atom is 0.185 e. The first kappa shape index (κ1) is 22.0. The Morgan fingerprint density at radius 3 is 2.40 bits per heavy atom. The number of carbonyl (C=O) groups is 1. The summed E-state index contributed by atoms with van der Waals surface area (Å²) in [6, 6.07) is 17.4. The highest BCUT2D eigenvalue weighted by molar-refractivity contribution is 6.07. The largest absolute Gasteiger partial charge is 0.390 e. The lowest BCUT2D eigenvalue weighted by Crippen LogP contribution is -2.35. The lowest BCUT2D eigenvalue weighted by atomic mass is 10.1. The zero-order valence-corrected chi connectivity index (χ0v) is 18.0. The van der Waals surface area contributed by atoms with Crippen molar-refractivity contribution in [3.63, 3.8) is 0 Å². The van der Waals surface area contributed by atoms with Gasteiger partial charge in [-0.1, -0.05) is 62.4 Å². The summed E-state index contributed by atoms with van der Waals surface area (Å²) in [6.07, 6.45) is 7.27. The van der Waals surface area contributed by atoms with E-state index in [2.05, 4.69) is 35.4 Å². The number of para-hydroxylation sites is 1. The summed E-state index contributed by atoms with van der Waals surface area (Å²) in [6.45, 7) is 7.56. The fourth-order valence-corrected chi connectivity index (χ4v) is 3.93. The maximum absolute atomic E-state index is 12.4. The molecular formula is C26H32N2O2. The van der Waals surface area contributed by atoms with Gasteiger partial charge >= 0.3 is 0 Å². The summed E-state index contributed by atoms with van der Waals surface area (Å²) < 4.78 is 2.10. The average Bonchev–Trinajstić information content (AvgIpc) is 3.10. The molecule has 0 unspecified atom stereocenters. The topological polar surface area (TPSA) is 45.5 Å². The van der Waals surface area contributed by atoms with Crippen LogP contribution in [0.15, 0.2) is 66.9 Å². The van der Waals surface area contributed by atoms with Gasteiger partial charge in [0.25, 0.3) is 0 Å². The minimum absolute atomic E-state index is 0.0118. The number of hydrogen-bond donors (Lipinski definition) is 1. The minimum Gasteiger partial charge on any atom is -0.390 e. The molecule has 1 heterocycles. The molecule has 0 fully saturated rings. The Hall–Kier alpha value is -2.69. The second-order valence-corrected chi connectivity index (χ2v) is 7.77. The fourth-order valence-electron chi connectivity index (χ4n) is 3.93. The van der Waals surface area contributed by atoms with Crippen LogP contribution < -0.4 is 0 Å². The molecule has 3 aromatic rings. The van der Waals surface area contributed by atoms with Crippen LogP contribution in [-0.2, 0) is 6.54 Å². The molecule has 0 bridgehead atoms. The molecule has 158 valence electrons. The van der Waals surface area contributed by atoms with E-state index in [0.717, 1.165) is 42.4 Å². The van der Waals surface area contributed by atoms with Gasteiger partial charge in [0.2, 0.25) is 0 Å². The molecule has 2 aromatic carbocycles. The van der Waals surface area contributed by atoms with Crippen LogP contribution in [0.25, 0.3) is 17.0 Å². The van der Waals surface area contributed by atoms with Crippen molar-refractivity contribution in [1.29, 1.82) is 0 Å². The molecule has 30 heavy (non-hydrogen) atoms. The lowest BCUT2D eigenvalue weighted by Gasteiger charge is -2.24. The third-order valence-electron chi connectivity index (χ3n) is 5.25. The van der Waals surface area contributed by atoms with Crippen LogP contribution in [0.4, 0.5) is 0 Å². The number of aromatic nitrogens is 1. The van der Waals surface area contributed by atoms with Crippen molar-refractivity contribution in [2.45, 2.75) is 39.3 Å². The number of ketones is 1. The van der Waals surface area contributed by atoms with E-state index in [1.165, 1.54) is 0 Å². The lowest BCUT2D eigenvalue weighted by molar-refractivity contribution is 0.0988. The van der Waals surface area contributed by atoms with Crippen molar-refractivity contribution in [3.8, 4) is 0 Å². The van der Waals surface area contributed by atoms with E-state index < -0.39 is 6.10 Å². The highest BCUT2D eigenvalue weighted by atomic mass is 16.3. The van der Waals surface area contributed by atoms with Gasteiger partial charge in [-0.25, -0.2) is 0 Å². The molecule has 0 saturated heterocycles. The van der Waals surface area contributed by atoms with Crippen molar-refractivity contribution in [1.82, 2.24) is 9.47 Å². The van der Waals surface area contributed by atoms with E-state index in [9.17, 15) is 9.90 Å². The number of hydrogen-bond acceptors (Lipinski definition) is 3. The summed E-state index contributed by atoms with van der Waals surface area (Å²) in [7, 11) is 0. The van der Waals surface area contributed by atoms with E-state index in [-0.39, 0.29) is 5.78 Å². The SMILES string of the molecule is CCCN(CCC)C[C@H](O)Cn1cc(/C=C/C(=O)c2ccccc2)c2ccccc21. The molecule has 0 aliphatic carbocycles. The second-order valence-electron chi connectivity index (χ2n) is 7.77. The monoisotopic (exact) mass is 404 g/mol. The summed E-state index contributed by atoms with van der Waals surface area (Å²) in [4.78, 5) is 14.8. The van der Waals surface area contributed by atoms with Crippen LogP contribution in [0.5, 0.6) is 0 Å². The summed E-state index contributed by atoms with van der Waals surface area (Å²) in [5.74, 6) is -0.0118. The quantitative estimate of drug-likeness (QED) is 0.360. The molecule has 4 heteroatoms. The van der Waals surface area contributed by atoms with Gasteiger partial charge < -0.3 is 14.6 Å². The third kappa shape index (κ3) is 5.68. The molecule has 0 aliphatic rings. The standard InChI is InChI=1S/C26H32N2O2/c1-3-16-27(17-4-2)19-23(29)20-28-18-22(24-12-8-9-13-25(24)28)14-15-26(30)21-10-6-5-7-11-21/h5-15,18,23,29H,3-4,16-17,19-20H2,1-2H3/b15-14+/t23-/m0/s1.